The average Bonchev–Trinajstić information content (AvgIpc) is 3.67. The Hall–Kier alpha value is -4.63. The zero-order valence-corrected chi connectivity index (χ0v) is 21.2. The minimum absolute atomic E-state index is 0.0282. The molecule has 5 aromatic rings. The Morgan fingerprint density at radius 1 is 1.03 bits per heavy atom. The number of benzene rings is 2. The van der Waals surface area contributed by atoms with Crippen LogP contribution in [0.15, 0.2) is 65.7 Å². The number of nitrogen functional groups attached to an aromatic ring is 1. The number of nitrogens with two attached hydrogens (primary N) is 1. The van der Waals surface area contributed by atoms with Crippen LogP contribution < -0.4 is 11.1 Å². The fraction of sp³-hybridized carbons (Fsp3) is 0.138. The van der Waals surface area contributed by atoms with Crippen molar-refractivity contribution in [2.45, 2.75) is 19.3 Å². The SMILES string of the molecule is Cc1csc2c1C1CCN(C(=O)c3cc4cc(NC(=O)c5cc6cc(N)ccc6[nH]5)ccc4[nH]3)C1=CC2=O. The summed E-state index contributed by atoms with van der Waals surface area (Å²) in [6, 6.07) is 14.5. The molecule has 1 unspecified atom stereocenters. The van der Waals surface area contributed by atoms with Crippen LogP contribution in [0.2, 0.25) is 0 Å². The number of carbonyl (C=O) groups is 3. The number of thiophene rings is 1. The Labute approximate surface area is 221 Å². The molecule has 3 aromatic heterocycles. The average molecular weight is 522 g/mol. The monoisotopic (exact) mass is 521 g/mol. The van der Waals surface area contributed by atoms with Crippen molar-refractivity contribution in [2.75, 3.05) is 17.6 Å². The lowest BCUT2D eigenvalue weighted by atomic mass is 9.87. The summed E-state index contributed by atoms with van der Waals surface area (Å²) in [6.07, 6.45) is 2.43. The van der Waals surface area contributed by atoms with Gasteiger partial charge < -0.3 is 25.9 Å². The summed E-state index contributed by atoms with van der Waals surface area (Å²) in [5.41, 5.74) is 12.5. The van der Waals surface area contributed by atoms with Gasteiger partial charge in [0.05, 0.1) is 4.88 Å². The first-order chi connectivity index (χ1) is 18.4. The Balaban J connectivity index is 1.13. The van der Waals surface area contributed by atoms with E-state index in [1.54, 1.807) is 35.2 Å². The first kappa shape index (κ1) is 22.6. The maximum Gasteiger partial charge on any atom is 0.274 e. The normalized spacial score (nSPS) is 16.6. The second-order valence-electron chi connectivity index (χ2n) is 9.86. The van der Waals surface area contributed by atoms with Crippen molar-refractivity contribution >= 4 is 62.1 Å². The Kier molecular flexibility index (Phi) is 4.86. The van der Waals surface area contributed by atoms with Crippen molar-refractivity contribution < 1.29 is 14.4 Å². The van der Waals surface area contributed by atoms with Gasteiger partial charge >= 0.3 is 0 Å². The van der Waals surface area contributed by atoms with E-state index in [0.717, 1.165) is 49.9 Å². The maximum atomic E-state index is 13.5. The third kappa shape index (κ3) is 3.47. The highest BCUT2D eigenvalue weighted by molar-refractivity contribution is 7.12. The van der Waals surface area contributed by atoms with Gasteiger partial charge in [0.2, 0.25) is 0 Å². The van der Waals surface area contributed by atoms with Crippen LogP contribution >= 0.6 is 11.3 Å². The molecule has 7 rings (SSSR count). The van der Waals surface area contributed by atoms with Gasteiger partial charge in [-0.2, -0.15) is 0 Å². The molecular weight excluding hydrogens is 498 g/mol. The van der Waals surface area contributed by atoms with Crippen molar-refractivity contribution in [1.29, 1.82) is 0 Å². The number of H-pyrrole nitrogens is 2. The smallest absolute Gasteiger partial charge is 0.274 e. The predicted molar refractivity (Wildman–Crippen MR) is 149 cm³/mol. The van der Waals surface area contributed by atoms with E-state index in [4.69, 9.17) is 5.73 Å². The number of ketones is 1. The quantitative estimate of drug-likeness (QED) is 0.232. The third-order valence-corrected chi connectivity index (χ3v) is 8.56. The van der Waals surface area contributed by atoms with E-state index in [9.17, 15) is 14.4 Å². The van der Waals surface area contributed by atoms with Crippen LogP contribution in [0, 0.1) is 6.92 Å². The molecule has 9 heteroatoms. The minimum Gasteiger partial charge on any atom is -0.399 e. The van der Waals surface area contributed by atoms with Gasteiger partial charge in [0.25, 0.3) is 11.8 Å². The predicted octanol–water partition coefficient (Wildman–Crippen LogP) is 5.56. The molecule has 1 aliphatic carbocycles. The first-order valence-corrected chi connectivity index (χ1v) is 13.2. The van der Waals surface area contributed by atoms with Crippen molar-refractivity contribution in [1.82, 2.24) is 14.9 Å². The number of rotatable bonds is 3. The number of aryl methyl sites for hydroxylation is 1. The van der Waals surface area contributed by atoms with Crippen LogP contribution in [-0.2, 0) is 0 Å². The van der Waals surface area contributed by atoms with Gasteiger partial charge in [-0.3, -0.25) is 14.4 Å². The second-order valence-corrected chi connectivity index (χ2v) is 10.7. The lowest BCUT2D eigenvalue weighted by molar-refractivity contribution is 0.0818. The molecule has 5 N–H and O–H groups in total. The van der Waals surface area contributed by atoms with E-state index in [1.165, 1.54) is 11.3 Å². The number of likely N-dealkylation sites (tertiary alicyclic amines) is 1. The van der Waals surface area contributed by atoms with Crippen molar-refractivity contribution in [3.05, 3.63) is 93.1 Å². The van der Waals surface area contributed by atoms with Gasteiger partial charge in [0.15, 0.2) is 5.78 Å². The van der Waals surface area contributed by atoms with Crippen molar-refractivity contribution in [3.8, 4) is 0 Å². The molecule has 0 spiro atoms. The number of aromatic nitrogens is 2. The van der Waals surface area contributed by atoms with E-state index in [2.05, 4.69) is 15.3 Å². The van der Waals surface area contributed by atoms with Gasteiger partial charge in [-0.25, -0.2) is 0 Å². The Bertz CT molecular complexity index is 1860. The van der Waals surface area contributed by atoms with Crippen LogP contribution in [0.1, 0.15) is 54.1 Å². The molecule has 38 heavy (non-hydrogen) atoms. The molecule has 2 aliphatic rings. The number of hydrogen-bond donors (Lipinski definition) is 4. The summed E-state index contributed by atoms with van der Waals surface area (Å²) < 4.78 is 0. The van der Waals surface area contributed by atoms with Gasteiger partial charge in [0.1, 0.15) is 11.4 Å². The van der Waals surface area contributed by atoms with Crippen molar-refractivity contribution in [3.63, 3.8) is 0 Å². The molecule has 4 heterocycles. The van der Waals surface area contributed by atoms with Crippen LogP contribution in [0.4, 0.5) is 11.4 Å². The molecular formula is C29H23N5O3S. The maximum absolute atomic E-state index is 13.5. The Morgan fingerprint density at radius 2 is 1.76 bits per heavy atom. The molecule has 0 bridgehead atoms. The van der Waals surface area contributed by atoms with Gasteiger partial charge in [0, 0.05) is 57.4 Å². The number of nitrogens with zero attached hydrogens (tertiary/aromatic N) is 1. The van der Waals surface area contributed by atoms with Crippen LogP contribution in [0.3, 0.4) is 0 Å². The highest BCUT2D eigenvalue weighted by atomic mass is 32.1. The fourth-order valence-corrected chi connectivity index (χ4v) is 6.66. The standard InChI is InChI=1S/C29H23N5O3S/c1-14-13-38-27-25(35)12-24-19(26(14)27)6-7-34(24)29(37)23-11-16-9-18(3-5-21(16)33-23)31-28(36)22-10-15-8-17(30)2-4-20(15)32-22/h2-5,8-13,19,32-33H,6-7,30H2,1H3,(H,31,36). The van der Waals surface area contributed by atoms with Gasteiger partial charge in [-0.05, 0) is 78.4 Å². The van der Waals surface area contributed by atoms with Gasteiger partial charge in [-0.15, -0.1) is 11.3 Å². The van der Waals surface area contributed by atoms with Crippen LogP contribution in [0.5, 0.6) is 0 Å². The molecule has 0 saturated carbocycles. The molecule has 2 aromatic carbocycles. The molecule has 8 nitrogen and oxygen atoms in total. The molecule has 1 saturated heterocycles. The van der Waals surface area contributed by atoms with Crippen LogP contribution in [0.25, 0.3) is 21.8 Å². The lowest BCUT2D eigenvalue weighted by Crippen LogP contribution is -2.29. The highest BCUT2D eigenvalue weighted by Crippen LogP contribution is 2.45. The lowest BCUT2D eigenvalue weighted by Gasteiger charge is -2.23. The number of nitrogens with one attached hydrogen (secondary N) is 3. The van der Waals surface area contributed by atoms with E-state index in [-0.39, 0.29) is 23.5 Å². The van der Waals surface area contributed by atoms with Gasteiger partial charge in [-0.1, -0.05) is 0 Å². The zero-order valence-electron chi connectivity index (χ0n) is 20.4. The molecule has 188 valence electrons. The summed E-state index contributed by atoms with van der Waals surface area (Å²) in [5.74, 6) is -0.391. The molecule has 1 fully saturated rings. The second kappa shape index (κ2) is 8.19. The number of hydrogen-bond acceptors (Lipinski definition) is 5. The number of allylic oxidation sites excluding steroid dienone is 2. The summed E-state index contributed by atoms with van der Waals surface area (Å²) >= 11 is 1.48. The molecule has 1 aliphatic heterocycles. The number of anilines is 2. The summed E-state index contributed by atoms with van der Waals surface area (Å²) in [4.78, 5) is 48.0. The summed E-state index contributed by atoms with van der Waals surface area (Å²) in [7, 11) is 0. The van der Waals surface area contributed by atoms with E-state index in [0.29, 0.717) is 29.3 Å². The summed E-state index contributed by atoms with van der Waals surface area (Å²) in [5, 5.41) is 6.60. The van der Waals surface area contributed by atoms with E-state index >= 15 is 0 Å². The van der Waals surface area contributed by atoms with E-state index < -0.39 is 0 Å². The van der Waals surface area contributed by atoms with E-state index in [1.807, 2.05) is 36.6 Å². The highest BCUT2D eigenvalue weighted by Gasteiger charge is 2.40. The molecule has 0 radical (unpaired) electrons. The first-order valence-electron chi connectivity index (χ1n) is 12.3. The molecule has 1 atom stereocenters. The topological polar surface area (TPSA) is 124 Å². The fourth-order valence-electron chi connectivity index (χ4n) is 5.63. The number of fused-ring (bicyclic) bond motifs is 5. The van der Waals surface area contributed by atoms with Crippen LogP contribution in [-0.4, -0.2) is 39.0 Å². The number of amides is 2. The summed E-state index contributed by atoms with van der Waals surface area (Å²) in [6.45, 7) is 2.59. The number of aromatic amines is 2. The number of carbonyl (C=O) groups excluding carboxylic acids is 3. The minimum atomic E-state index is -0.272. The van der Waals surface area contributed by atoms with Crippen molar-refractivity contribution in [2.24, 2.45) is 0 Å². The largest absolute Gasteiger partial charge is 0.399 e. The zero-order chi connectivity index (χ0) is 26.1. The third-order valence-electron chi connectivity index (χ3n) is 7.43. The molecule has 2 amide bonds. The Morgan fingerprint density at radius 3 is 2.61 bits per heavy atom.